The van der Waals surface area contributed by atoms with Gasteiger partial charge in [-0.05, 0) is 47.4 Å². The van der Waals surface area contributed by atoms with Crippen molar-refractivity contribution in [1.82, 2.24) is 0 Å². The SMILES string of the molecule is [C]#CC#CC#CC#CC#CC#C[CH2]. The summed E-state index contributed by atoms with van der Waals surface area (Å²) < 4.78 is 0. The molecule has 0 amide bonds. The molecule has 0 aromatic carbocycles. The molecular weight excluding hydrogens is 156 g/mol. The Hall–Kier alpha value is -2.64. The molecule has 2 radical (unpaired) electrons. The molecule has 54 valence electrons. The van der Waals surface area contributed by atoms with Crippen molar-refractivity contribution in [1.29, 1.82) is 0 Å². The molecule has 0 bridgehead atoms. The normalized spacial score (nSPS) is 3.69. The van der Waals surface area contributed by atoms with E-state index in [1.807, 2.05) is 5.92 Å². The van der Waals surface area contributed by atoms with E-state index in [0.29, 0.717) is 0 Å². The molecule has 0 aliphatic carbocycles. The lowest BCUT2D eigenvalue weighted by molar-refractivity contribution is 2.31. The lowest BCUT2D eigenvalue weighted by Gasteiger charge is -1.54. The van der Waals surface area contributed by atoms with Crippen LogP contribution in [0.2, 0.25) is 0 Å². The van der Waals surface area contributed by atoms with Crippen LogP contribution in [0.25, 0.3) is 0 Å². The summed E-state index contributed by atoms with van der Waals surface area (Å²) in [5.41, 5.74) is 0. The summed E-state index contributed by atoms with van der Waals surface area (Å²) in [5, 5.41) is 0. The van der Waals surface area contributed by atoms with Gasteiger partial charge < -0.3 is 0 Å². The van der Waals surface area contributed by atoms with Gasteiger partial charge in [-0.3, -0.25) is 0 Å². The highest BCUT2D eigenvalue weighted by Gasteiger charge is 1.55. The Morgan fingerprint density at radius 3 is 1.38 bits per heavy atom. The minimum Gasteiger partial charge on any atom is -0.0881 e. The van der Waals surface area contributed by atoms with Gasteiger partial charge in [0.25, 0.3) is 0 Å². The molecule has 0 aromatic rings. The Kier molecular flexibility index (Phi) is 7.46. The zero-order valence-electron chi connectivity index (χ0n) is 6.71. The van der Waals surface area contributed by atoms with Crippen molar-refractivity contribution in [3.63, 3.8) is 0 Å². The molecule has 0 saturated carbocycles. The van der Waals surface area contributed by atoms with Crippen LogP contribution < -0.4 is 0 Å². The summed E-state index contributed by atoms with van der Waals surface area (Å²) in [7, 11) is 0. The van der Waals surface area contributed by atoms with Gasteiger partial charge in [0.15, 0.2) is 0 Å². The van der Waals surface area contributed by atoms with E-state index in [1.165, 1.54) is 0 Å². The maximum Gasteiger partial charge on any atom is 0.0209 e. The zero-order valence-corrected chi connectivity index (χ0v) is 6.71. The van der Waals surface area contributed by atoms with Crippen LogP contribution in [0.5, 0.6) is 0 Å². The molecule has 0 nitrogen and oxygen atoms in total. The molecule has 0 unspecified atom stereocenters. The third-order valence-electron chi connectivity index (χ3n) is 0.651. The van der Waals surface area contributed by atoms with Crippen LogP contribution >= 0.6 is 0 Å². The molecule has 0 atom stereocenters. The second-order valence-corrected chi connectivity index (χ2v) is 1.43. The third kappa shape index (κ3) is 9.36. The van der Waals surface area contributed by atoms with Crippen molar-refractivity contribution < 1.29 is 0 Å². The number of rotatable bonds is 0. The van der Waals surface area contributed by atoms with Crippen molar-refractivity contribution in [3.05, 3.63) is 13.3 Å². The highest BCUT2D eigenvalue weighted by Crippen LogP contribution is 1.55. The summed E-state index contributed by atoms with van der Waals surface area (Å²) in [6.07, 6.45) is 6.42. The van der Waals surface area contributed by atoms with Crippen molar-refractivity contribution >= 4 is 0 Å². The average molecular weight is 158 g/mol. The predicted octanol–water partition coefficient (Wildman–Crippen LogP) is 0.427. The Bertz CT molecular complexity index is 498. The summed E-state index contributed by atoms with van der Waals surface area (Å²) in [5.74, 6) is 25.8. The Morgan fingerprint density at radius 2 is 1.00 bits per heavy atom. The van der Waals surface area contributed by atoms with E-state index in [4.69, 9.17) is 6.42 Å². The van der Waals surface area contributed by atoms with Gasteiger partial charge in [0, 0.05) is 25.2 Å². The first kappa shape index (κ1) is 10.4. The molecule has 0 N–H and O–H groups in total. The van der Waals surface area contributed by atoms with Gasteiger partial charge in [0.2, 0.25) is 0 Å². The molecular formula is C13H2. The molecule has 0 fully saturated rings. The Labute approximate surface area is 79.1 Å². The summed E-state index contributed by atoms with van der Waals surface area (Å²) in [6, 6.07) is 0. The van der Waals surface area contributed by atoms with E-state index < -0.39 is 0 Å². The first-order valence-corrected chi connectivity index (χ1v) is 3.10. The van der Waals surface area contributed by atoms with Gasteiger partial charge in [-0.25, -0.2) is 0 Å². The summed E-state index contributed by atoms with van der Waals surface area (Å²) in [4.78, 5) is 0. The molecule has 0 saturated heterocycles. The molecule has 0 heteroatoms. The fourth-order valence-electron chi connectivity index (χ4n) is 0.294. The van der Waals surface area contributed by atoms with Crippen LogP contribution in [0.4, 0.5) is 0 Å². The second kappa shape index (κ2) is 9.36. The van der Waals surface area contributed by atoms with Crippen LogP contribution in [0.1, 0.15) is 0 Å². The van der Waals surface area contributed by atoms with Crippen molar-refractivity contribution in [2.75, 3.05) is 0 Å². The predicted molar refractivity (Wildman–Crippen MR) is 51.4 cm³/mol. The molecule has 0 aliphatic rings. The molecule has 13 heavy (non-hydrogen) atoms. The lowest BCUT2D eigenvalue weighted by Crippen LogP contribution is -1.54. The lowest BCUT2D eigenvalue weighted by atomic mass is 10.5. The van der Waals surface area contributed by atoms with E-state index in [2.05, 4.69) is 66.1 Å². The first-order chi connectivity index (χ1) is 6.41. The van der Waals surface area contributed by atoms with Gasteiger partial charge in [-0.2, -0.15) is 0 Å². The first-order valence-electron chi connectivity index (χ1n) is 3.10. The molecule has 0 heterocycles. The van der Waals surface area contributed by atoms with Gasteiger partial charge in [-0.15, -0.1) is 0 Å². The van der Waals surface area contributed by atoms with Crippen LogP contribution in [-0.2, 0) is 0 Å². The van der Waals surface area contributed by atoms with Crippen molar-refractivity contribution in [2.45, 2.75) is 0 Å². The highest BCUT2D eigenvalue weighted by atomic mass is 13.6. The van der Waals surface area contributed by atoms with Gasteiger partial charge in [0.1, 0.15) is 0 Å². The third-order valence-corrected chi connectivity index (χ3v) is 0.651. The zero-order chi connectivity index (χ0) is 9.78. The minimum absolute atomic E-state index is 1.87. The summed E-state index contributed by atoms with van der Waals surface area (Å²) >= 11 is 0. The van der Waals surface area contributed by atoms with Crippen molar-refractivity contribution in [3.8, 4) is 65.1 Å². The van der Waals surface area contributed by atoms with Crippen LogP contribution in [0.15, 0.2) is 0 Å². The summed E-state index contributed by atoms with van der Waals surface area (Å²) in [6.45, 7) is 3.27. The van der Waals surface area contributed by atoms with Gasteiger partial charge in [-0.1, -0.05) is 5.92 Å². The fourth-order valence-corrected chi connectivity index (χ4v) is 0.294. The Balaban J connectivity index is 4.14. The van der Waals surface area contributed by atoms with E-state index in [1.54, 1.807) is 0 Å². The number of hydrogen-bond donors (Lipinski definition) is 0. The molecule has 0 aromatic heterocycles. The van der Waals surface area contributed by atoms with Gasteiger partial charge in [0.05, 0.1) is 0 Å². The molecule has 0 rings (SSSR count). The fraction of sp³-hybridized carbons (Fsp3) is 0. The highest BCUT2D eigenvalue weighted by molar-refractivity contribution is 5.43. The van der Waals surface area contributed by atoms with Crippen molar-refractivity contribution in [2.24, 2.45) is 0 Å². The molecule has 0 aliphatic heterocycles. The smallest absolute Gasteiger partial charge is 0.0209 e. The maximum atomic E-state index is 6.42. The van der Waals surface area contributed by atoms with Gasteiger partial charge >= 0.3 is 0 Å². The Morgan fingerprint density at radius 1 is 0.615 bits per heavy atom. The monoisotopic (exact) mass is 158 g/mol. The topological polar surface area (TPSA) is 0 Å². The maximum absolute atomic E-state index is 6.42. The minimum atomic E-state index is 1.87. The molecule has 0 spiro atoms. The average Bonchev–Trinajstić information content (AvgIpc) is 2.16. The van der Waals surface area contributed by atoms with Crippen LogP contribution in [0.3, 0.4) is 0 Å². The van der Waals surface area contributed by atoms with Crippen LogP contribution in [0, 0.1) is 78.5 Å². The van der Waals surface area contributed by atoms with Crippen LogP contribution in [-0.4, -0.2) is 0 Å². The standard InChI is InChI=1S/C13H2/c1-3-5-7-9-11-13-12-10-8-6-4-2/h1H2. The van der Waals surface area contributed by atoms with E-state index >= 15 is 0 Å². The van der Waals surface area contributed by atoms with E-state index in [9.17, 15) is 0 Å². The van der Waals surface area contributed by atoms with E-state index in [0.717, 1.165) is 0 Å². The largest absolute Gasteiger partial charge is 0.0881 e. The second-order valence-electron chi connectivity index (χ2n) is 1.43. The van der Waals surface area contributed by atoms with E-state index in [-0.39, 0.29) is 0 Å². The quantitative estimate of drug-likeness (QED) is 0.448. The number of hydrogen-bond acceptors (Lipinski definition) is 0.